The zero-order chi connectivity index (χ0) is 22.7. The van der Waals surface area contributed by atoms with E-state index < -0.39 is 21.7 Å². The molecule has 0 spiro atoms. The number of aryl methyl sites for hydroxylation is 1. The molecule has 0 N–H and O–H groups in total. The first-order valence-corrected chi connectivity index (χ1v) is 11.5. The average Bonchev–Trinajstić information content (AvgIpc) is 3.26. The van der Waals surface area contributed by atoms with Gasteiger partial charge in [0.1, 0.15) is 11.6 Å². The smallest absolute Gasteiger partial charge is 0.243 e. The SMILES string of the molecule is O=C(CCc1ncc(-c2c(F)cccc2F)o1)N1CCN(S(=O)(=O)c2ccccc2)CC1. The zero-order valence-corrected chi connectivity index (χ0v) is 17.9. The van der Waals surface area contributed by atoms with Crippen molar-refractivity contribution in [2.24, 2.45) is 0 Å². The third-order valence-electron chi connectivity index (χ3n) is 5.29. The molecule has 4 rings (SSSR count). The molecule has 7 nitrogen and oxygen atoms in total. The fourth-order valence-corrected chi connectivity index (χ4v) is 5.01. The van der Waals surface area contributed by atoms with Crippen molar-refractivity contribution in [3.63, 3.8) is 0 Å². The van der Waals surface area contributed by atoms with Crippen LogP contribution < -0.4 is 0 Å². The number of nitrogens with zero attached hydrogens (tertiary/aromatic N) is 3. The molecule has 3 aromatic rings. The van der Waals surface area contributed by atoms with Gasteiger partial charge in [-0.2, -0.15) is 4.31 Å². The van der Waals surface area contributed by atoms with Crippen molar-refractivity contribution in [3.05, 3.63) is 72.3 Å². The van der Waals surface area contributed by atoms with Crippen LogP contribution in [0, 0.1) is 11.6 Å². The van der Waals surface area contributed by atoms with Gasteiger partial charge in [-0.3, -0.25) is 4.79 Å². The number of oxazole rings is 1. The predicted molar refractivity (Wildman–Crippen MR) is 112 cm³/mol. The molecule has 32 heavy (non-hydrogen) atoms. The summed E-state index contributed by atoms with van der Waals surface area (Å²) in [6, 6.07) is 11.7. The minimum absolute atomic E-state index is 0.0391. The van der Waals surface area contributed by atoms with Crippen molar-refractivity contribution in [1.29, 1.82) is 0 Å². The van der Waals surface area contributed by atoms with Gasteiger partial charge in [0.15, 0.2) is 11.7 Å². The van der Waals surface area contributed by atoms with Crippen LogP contribution in [0.4, 0.5) is 8.78 Å². The summed E-state index contributed by atoms with van der Waals surface area (Å²) in [7, 11) is -3.59. The van der Waals surface area contributed by atoms with Crippen molar-refractivity contribution >= 4 is 15.9 Å². The number of aromatic nitrogens is 1. The van der Waals surface area contributed by atoms with E-state index in [4.69, 9.17) is 4.42 Å². The first-order valence-electron chi connectivity index (χ1n) is 10.1. The van der Waals surface area contributed by atoms with Crippen LogP contribution in [0.25, 0.3) is 11.3 Å². The maximum Gasteiger partial charge on any atom is 0.243 e. The summed E-state index contributed by atoms with van der Waals surface area (Å²) in [4.78, 5) is 18.4. The Balaban J connectivity index is 1.32. The highest BCUT2D eigenvalue weighted by atomic mass is 32.2. The lowest BCUT2D eigenvalue weighted by Crippen LogP contribution is -2.50. The number of benzene rings is 2. The molecule has 1 fully saturated rings. The summed E-state index contributed by atoms with van der Waals surface area (Å²) in [6.45, 7) is 0.974. The summed E-state index contributed by atoms with van der Waals surface area (Å²) in [5, 5.41) is 0. The molecule has 0 saturated carbocycles. The summed E-state index contributed by atoms with van der Waals surface area (Å²) < 4.78 is 60.0. The third kappa shape index (κ3) is 4.56. The molecule has 1 saturated heterocycles. The van der Waals surface area contributed by atoms with Crippen molar-refractivity contribution in [2.45, 2.75) is 17.7 Å². The Kier molecular flexibility index (Phi) is 6.33. The number of hydrogen-bond donors (Lipinski definition) is 0. The van der Waals surface area contributed by atoms with Gasteiger partial charge < -0.3 is 9.32 Å². The van der Waals surface area contributed by atoms with Crippen molar-refractivity contribution in [2.75, 3.05) is 26.2 Å². The van der Waals surface area contributed by atoms with Crippen molar-refractivity contribution in [1.82, 2.24) is 14.2 Å². The number of piperazine rings is 1. The number of rotatable bonds is 6. The number of amides is 1. The van der Waals surface area contributed by atoms with Gasteiger partial charge in [0.05, 0.1) is 16.7 Å². The van der Waals surface area contributed by atoms with Gasteiger partial charge in [-0.25, -0.2) is 22.2 Å². The summed E-state index contributed by atoms with van der Waals surface area (Å²) in [5.74, 6) is -1.53. The third-order valence-corrected chi connectivity index (χ3v) is 7.20. The van der Waals surface area contributed by atoms with Crippen molar-refractivity contribution in [3.8, 4) is 11.3 Å². The van der Waals surface area contributed by atoms with Gasteiger partial charge in [-0.15, -0.1) is 0 Å². The number of sulfonamides is 1. The molecule has 0 aliphatic carbocycles. The van der Waals surface area contributed by atoms with Crippen molar-refractivity contribution < 1.29 is 26.4 Å². The minimum Gasteiger partial charge on any atom is -0.441 e. The highest BCUT2D eigenvalue weighted by molar-refractivity contribution is 7.89. The van der Waals surface area contributed by atoms with E-state index in [9.17, 15) is 22.0 Å². The van der Waals surface area contributed by atoms with E-state index in [0.717, 1.165) is 12.1 Å². The summed E-state index contributed by atoms with van der Waals surface area (Å²) in [5.41, 5.74) is -0.298. The van der Waals surface area contributed by atoms with Crippen LogP contribution in [0.2, 0.25) is 0 Å². The maximum atomic E-state index is 13.9. The second kappa shape index (κ2) is 9.17. The molecule has 1 amide bonds. The van der Waals surface area contributed by atoms with Crippen LogP contribution in [0.15, 0.2) is 64.0 Å². The summed E-state index contributed by atoms with van der Waals surface area (Å²) in [6.07, 6.45) is 1.48. The highest BCUT2D eigenvalue weighted by Crippen LogP contribution is 2.27. The molecule has 0 radical (unpaired) electrons. The maximum absolute atomic E-state index is 13.9. The minimum atomic E-state index is -3.59. The lowest BCUT2D eigenvalue weighted by molar-refractivity contribution is -0.132. The lowest BCUT2D eigenvalue weighted by atomic mass is 10.1. The molecule has 0 atom stereocenters. The van der Waals surface area contributed by atoms with Gasteiger partial charge >= 0.3 is 0 Å². The fourth-order valence-electron chi connectivity index (χ4n) is 3.57. The van der Waals surface area contributed by atoms with E-state index in [1.54, 1.807) is 35.2 Å². The Morgan fingerprint density at radius 3 is 2.28 bits per heavy atom. The standard InChI is InChI=1S/C22H21F2N3O4S/c23-17-7-4-8-18(24)22(17)19-15-25-20(31-19)9-10-21(28)26-11-13-27(14-12-26)32(29,30)16-5-2-1-3-6-16/h1-8,15H,9-14H2. The number of carbonyl (C=O) groups is 1. The van der Waals surface area contributed by atoms with E-state index in [-0.39, 0.29) is 67.0 Å². The largest absolute Gasteiger partial charge is 0.441 e. The van der Waals surface area contributed by atoms with Crippen LogP contribution in [0.1, 0.15) is 12.3 Å². The van der Waals surface area contributed by atoms with Crippen LogP contribution in [-0.2, 0) is 21.2 Å². The molecule has 0 bridgehead atoms. The van der Waals surface area contributed by atoms with E-state index >= 15 is 0 Å². The van der Waals surface area contributed by atoms with Crippen LogP contribution >= 0.6 is 0 Å². The monoisotopic (exact) mass is 461 g/mol. The fraction of sp³-hybridized carbons (Fsp3) is 0.273. The van der Waals surface area contributed by atoms with E-state index in [0.29, 0.717) is 0 Å². The molecular formula is C22H21F2N3O4S. The average molecular weight is 461 g/mol. The quantitative estimate of drug-likeness (QED) is 0.563. The first-order chi connectivity index (χ1) is 15.4. The van der Waals surface area contributed by atoms with Gasteiger partial charge in [0, 0.05) is 39.0 Å². The molecule has 2 aromatic carbocycles. The molecule has 0 unspecified atom stereocenters. The summed E-state index contributed by atoms with van der Waals surface area (Å²) >= 11 is 0. The molecule has 10 heteroatoms. The van der Waals surface area contributed by atoms with Crippen LogP contribution in [0.5, 0.6) is 0 Å². The zero-order valence-electron chi connectivity index (χ0n) is 17.1. The van der Waals surface area contributed by atoms with Crippen LogP contribution in [0.3, 0.4) is 0 Å². The Morgan fingerprint density at radius 1 is 0.969 bits per heavy atom. The predicted octanol–water partition coefficient (Wildman–Crippen LogP) is 3.09. The molecule has 1 aliphatic rings. The highest BCUT2D eigenvalue weighted by Gasteiger charge is 2.30. The Labute approximate surface area is 184 Å². The second-order valence-corrected chi connectivity index (χ2v) is 9.25. The number of carbonyl (C=O) groups excluding carboxylic acids is 1. The van der Waals surface area contributed by atoms with Crippen LogP contribution in [-0.4, -0.2) is 54.7 Å². The van der Waals surface area contributed by atoms with E-state index in [1.165, 1.54) is 16.6 Å². The lowest BCUT2D eigenvalue weighted by Gasteiger charge is -2.34. The van der Waals surface area contributed by atoms with Gasteiger partial charge in [-0.1, -0.05) is 24.3 Å². The molecule has 2 heterocycles. The molecule has 1 aromatic heterocycles. The van der Waals surface area contributed by atoms with Gasteiger partial charge in [-0.05, 0) is 24.3 Å². The molecular weight excluding hydrogens is 440 g/mol. The number of hydrogen-bond acceptors (Lipinski definition) is 5. The topological polar surface area (TPSA) is 83.7 Å². The van der Waals surface area contributed by atoms with Gasteiger partial charge in [0.25, 0.3) is 0 Å². The Hall–Kier alpha value is -3.11. The molecule has 1 aliphatic heterocycles. The van der Waals surface area contributed by atoms with Gasteiger partial charge in [0.2, 0.25) is 15.9 Å². The first kappa shape index (κ1) is 22.1. The Bertz CT molecular complexity index is 1190. The van der Waals surface area contributed by atoms with E-state index in [1.807, 2.05) is 0 Å². The Morgan fingerprint density at radius 2 is 1.62 bits per heavy atom. The molecule has 168 valence electrons. The normalized spacial score (nSPS) is 15.1. The second-order valence-electron chi connectivity index (χ2n) is 7.31. The van der Waals surface area contributed by atoms with E-state index in [2.05, 4.69) is 4.98 Å². The number of halogens is 2.